The Labute approximate surface area is 166 Å². The van der Waals surface area contributed by atoms with Crippen LogP contribution in [0.5, 0.6) is 0 Å². The number of hydrogen-bond acceptors (Lipinski definition) is 6. The van der Waals surface area contributed by atoms with Crippen molar-refractivity contribution in [1.29, 1.82) is 0 Å². The molecule has 0 bridgehead atoms. The monoisotopic (exact) mass is 405 g/mol. The number of aromatic nitrogens is 1. The number of hydrogen-bond donors (Lipinski definition) is 1. The van der Waals surface area contributed by atoms with Crippen molar-refractivity contribution in [2.45, 2.75) is 38.0 Å². The van der Waals surface area contributed by atoms with E-state index >= 15 is 0 Å². The van der Waals surface area contributed by atoms with E-state index in [9.17, 15) is 13.2 Å². The maximum absolute atomic E-state index is 12.4. The average molecular weight is 406 g/mol. The lowest BCUT2D eigenvalue weighted by atomic mass is 10.1. The molecule has 152 valence electrons. The van der Waals surface area contributed by atoms with Gasteiger partial charge < -0.3 is 9.64 Å². The summed E-state index contributed by atoms with van der Waals surface area (Å²) in [6.07, 6.45) is 0.722. The Balaban J connectivity index is 1.97. The predicted octanol–water partition coefficient (Wildman–Crippen LogP) is 3.65. The predicted molar refractivity (Wildman–Crippen MR) is 111 cm³/mol. The van der Waals surface area contributed by atoms with Gasteiger partial charge in [0, 0.05) is 30.7 Å². The van der Waals surface area contributed by atoms with Gasteiger partial charge in [-0.2, -0.15) is 0 Å². The highest BCUT2D eigenvalue weighted by atomic mass is 32.2. The molecule has 1 heterocycles. The third-order valence-electron chi connectivity index (χ3n) is 4.48. The summed E-state index contributed by atoms with van der Waals surface area (Å²) in [6.45, 7) is 9.09. The summed E-state index contributed by atoms with van der Waals surface area (Å²) in [7, 11) is -3.66. The second kappa shape index (κ2) is 9.54. The molecule has 1 aromatic carbocycles. The molecule has 7 nitrogen and oxygen atoms in total. The van der Waals surface area contributed by atoms with Gasteiger partial charge in [-0.15, -0.1) is 0 Å². The van der Waals surface area contributed by atoms with E-state index in [1.165, 1.54) is 19.2 Å². The topological polar surface area (TPSA) is 88.6 Å². The second-order valence-corrected chi connectivity index (χ2v) is 8.73. The van der Waals surface area contributed by atoms with E-state index in [1.54, 1.807) is 12.1 Å². The molecule has 0 saturated heterocycles. The van der Waals surface area contributed by atoms with E-state index < -0.39 is 21.2 Å². The number of rotatable bonds is 8. The number of anilines is 2. The zero-order valence-electron chi connectivity index (χ0n) is 16.7. The van der Waals surface area contributed by atoms with Gasteiger partial charge in [0.05, 0.1) is 5.25 Å². The van der Waals surface area contributed by atoms with Crippen LogP contribution >= 0.6 is 0 Å². The van der Waals surface area contributed by atoms with Gasteiger partial charge in [0.25, 0.3) is 0 Å². The largest absolute Gasteiger partial charge is 0.448 e. The van der Waals surface area contributed by atoms with Gasteiger partial charge in [0.1, 0.15) is 6.61 Å². The Morgan fingerprint density at radius 3 is 2.50 bits per heavy atom. The standard InChI is InChI=1S/C20H27N3O4S/c1-5-23(6-2)17-10-11-18(15(3)13-17)22-20(24)27-14-16(4)28(25,26)19-9-7-8-12-21-19/h7-13,16H,5-6,14H2,1-4H3,(H,22,24). The van der Waals surface area contributed by atoms with E-state index in [0.29, 0.717) is 5.69 Å². The molecule has 0 saturated carbocycles. The van der Waals surface area contributed by atoms with Gasteiger partial charge in [-0.05, 0) is 63.6 Å². The number of nitrogens with one attached hydrogen (secondary N) is 1. The van der Waals surface area contributed by atoms with Crippen molar-refractivity contribution in [3.8, 4) is 0 Å². The molecule has 1 unspecified atom stereocenters. The quantitative estimate of drug-likeness (QED) is 0.721. The Morgan fingerprint density at radius 1 is 1.21 bits per heavy atom. The molecule has 28 heavy (non-hydrogen) atoms. The number of carbonyl (C=O) groups excluding carboxylic acids is 1. The first kappa shape index (κ1) is 21.7. The van der Waals surface area contributed by atoms with Gasteiger partial charge >= 0.3 is 6.09 Å². The lowest BCUT2D eigenvalue weighted by Gasteiger charge is -2.22. The molecule has 1 aromatic heterocycles. The van der Waals surface area contributed by atoms with Gasteiger partial charge in [-0.3, -0.25) is 5.32 Å². The van der Waals surface area contributed by atoms with Crippen LogP contribution < -0.4 is 10.2 Å². The minimum atomic E-state index is -3.66. The van der Waals surface area contributed by atoms with Crippen LogP contribution in [-0.4, -0.2) is 44.4 Å². The Bertz CT molecular complexity index is 897. The molecule has 1 atom stereocenters. The first-order valence-electron chi connectivity index (χ1n) is 9.23. The first-order chi connectivity index (χ1) is 13.3. The lowest BCUT2D eigenvalue weighted by molar-refractivity contribution is 0.162. The third kappa shape index (κ3) is 5.22. The number of benzene rings is 1. The number of carbonyl (C=O) groups is 1. The van der Waals surface area contributed by atoms with Crippen LogP contribution in [0.15, 0.2) is 47.6 Å². The number of amides is 1. The SMILES string of the molecule is CCN(CC)c1ccc(NC(=O)OCC(C)S(=O)(=O)c2ccccn2)c(C)c1. The molecule has 2 aromatic rings. The number of pyridine rings is 1. The number of ether oxygens (including phenoxy) is 1. The lowest BCUT2D eigenvalue weighted by Crippen LogP contribution is -2.27. The van der Waals surface area contributed by atoms with Crippen LogP contribution in [0.1, 0.15) is 26.3 Å². The van der Waals surface area contributed by atoms with Crippen LogP contribution in [0.3, 0.4) is 0 Å². The normalized spacial score (nSPS) is 12.3. The number of nitrogens with zero attached hydrogens (tertiary/aromatic N) is 2. The number of aryl methyl sites for hydroxylation is 1. The number of sulfone groups is 1. The molecule has 0 spiro atoms. The zero-order chi connectivity index (χ0) is 20.7. The summed E-state index contributed by atoms with van der Waals surface area (Å²) < 4.78 is 30.0. The highest BCUT2D eigenvalue weighted by Crippen LogP contribution is 2.23. The smallest absolute Gasteiger partial charge is 0.411 e. The molecule has 0 aliphatic carbocycles. The van der Waals surface area contributed by atoms with Crippen LogP contribution in [0.2, 0.25) is 0 Å². The molecule has 8 heteroatoms. The molecular weight excluding hydrogens is 378 g/mol. The van der Waals surface area contributed by atoms with Crippen LogP contribution in [0, 0.1) is 6.92 Å². The summed E-state index contributed by atoms with van der Waals surface area (Å²) in [5.41, 5.74) is 2.60. The van der Waals surface area contributed by atoms with Crippen LogP contribution in [-0.2, 0) is 14.6 Å². The van der Waals surface area contributed by atoms with Gasteiger partial charge in [0.2, 0.25) is 9.84 Å². The van der Waals surface area contributed by atoms with Crippen molar-refractivity contribution < 1.29 is 17.9 Å². The molecule has 0 aliphatic rings. The Kier molecular flexibility index (Phi) is 7.39. The maximum atomic E-state index is 12.4. The molecule has 0 radical (unpaired) electrons. The first-order valence-corrected chi connectivity index (χ1v) is 10.8. The fourth-order valence-corrected chi connectivity index (χ4v) is 3.86. The molecule has 1 amide bonds. The van der Waals surface area contributed by atoms with Crippen molar-refractivity contribution in [1.82, 2.24) is 4.98 Å². The van der Waals surface area contributed by atoms with E-state index in [4.69, 9.17) is 4.74 Å². The van der Waals surface area contributed by atoms with Crippen molar-refractivity contribution in [3.05, 3.63) is 48.2 Å². The van der Waals surface area contributed by atoms with Crippen molar-refractivity contribution >= 4 is 27.3 Å². The molecule has 0 fully saturated rings. The Hall–Kier alpha value is -2.61. The molecular formula is C20H27N3O4S. The van der Waals surface area contributed by atoms with E-state index in [0.717, 1.165) is 24.3 Å². The summed E-state index contributed by atoms with van der Waals surface area (Å²) in [5, 5.41) is 1.73. The minimum Gasteiger partial charge on any atom is -0.448 e. The highest BCUT2D eigenvalue weighted by Gasteiger charge is 2.25. The second-order valence-electron chi connectivity index (χ2n) is 6.42. The van der Waals surface area contributed by atoms with Crippen LogP contribution in [0.25, 0.3) is 0 Å². The van der Waals surface area contributed by atoms with Crippen molar-refractivity contribution in [3.63, 3.8) is 0 Å². The third-order valence-corrected chi connectivity index (χ3v) is 6.50. The van der Waals surface area contributed by atoms with E-state index in [2.05, 4.69) is 29.0 Å². The van der Waals surface area contributed by atoms with Gasteiger partial charge in [-0.25, -0.2) is 18.2 Å². The summed E-state index contributed by atoms with van der Waals surface area (Å²) in [6, 6.07) is 10.4. The molecule has 2 rings (SSSR count). The van der Waals surface area contributed by atoms with E-state index in [-0.39, 0.29) is 11.6 Å². The fraction of sp³-hybridized carbons (Fsp3) is 0.400. The average Bonchev–Trinajstić information content (AvgIpc) is 2.69. The summed E-state index contributed by atoms with van der Waals surface area (Å²) in [5.74, 6) is 0. The van der Waals surface area contributed by atoms with E-state index in [1.807, 2.05) is 25.1 Å². The van der Waals surface area contributed by atoms with Crippen LogP contribution in [0.4, 0.5) is 16.2 Å². The summed E-state index contributed by atoms with van der Waals surface area (Å²) >= 11 is 0. The van der Waals surface area contributed by atoms with Gasteiger partial charge in [-0.1, -0.05) is 6.07 Å². The van der Waals surface area contributed by atoms with Gasteiger partial charge in [0.15, 0.2) is 5.03 Å². The fourth-order valence-electron chi connectivity index (χ4n) is 2.72. The Morgan fingerprint density at radius 2 is 1.93 bits per heavy atom. The zero-order valence-corrected chi connectivity index (χ0v) is 17.5. The van der Waals surface area contributed by atoms with Crippen molar-refractivity contribution in [2.24, 2.45) is 0 Å². The molecule has 0 aliphatic heterocycles. The minimum absolute atomic E-state index is 0.0330. The maximum Gasteiger partial charge on any atom is 0.411 e. The van der Waals surface area contributed by atoms with Crippen molar-refractivity contribution in [2.75, 3.05) is 29.9 Å². The summed E-state index contributed by atoms with van der Waals surface area (Å²) in [4.78, 5) is 18.2. The molecule has 1 N–H and O–H groups in total. The highest BCUT2D eigenvalue weighted by molar-refractivity contribution is 7.92.